The molecule has 0 saturated carbocycles. The Kier molecular flexibility index (Phi) is 6.22. The maximum Gasteiger partial charge on any atom is 0.191 e. The van der Waals surface area contributed by atoms with E-state index in [4.69, 9.17) is 9.47 Å². The first-order chi connectivity index (χ1) is 13.1. The first-order valence-electron chi connectivity index (χ1n) is 9.47. The number of methoxy groups -OCH3 is 1. The average molecular weight is 367 g/mol. The molecule has 1 heterocycles. The van der Waals surface area contributed by atoms with Gasteiger partial charge in [0.15, 0.2) is 5.96 Å². The number of aryl methyl sites for hydroxylation is 1. The summed E-state index contributed by atoms with van der Waals surface area (Å²) < 4.78 is 11.1. The molecule has 0 aromatic heterocycles. The minimum atomic E-state index is 0.0863. The zero-order chi connectivity index (χ0) is 19.2. The number of nitrogens with zero attached hydrogens (tertiary/aromatic N) is 1. The lowest BCUT2D eigenvalue weighted by atomic mass is 10.0. The number of hydrogen-bond acceptors (Lipinski definition) is 3. The third kappa shape index (κ3) is 4.73. The summed E-state index contributed by atoms with van der Waals surface area (Å²) in [6, 6.07) is 12.8. The van der Waals surface area contributed by atoms with Gasteiger partial charge in [0.1, 0.15) is 11.5 Å². The van der Waals surface area contributed by atoms with E-state index in [2.05, 4.69) is 59.8 Å². The van der Waals surface area contributed by atoms with Crippen molar-refractivity contribution in [1.29, 1.82) is 0 Å². The van der Waals surface area contributed by atoms with Gasteiger partial charge in [-0.3, -0.25) is 4.99 Å². The minimum absolute atomic E-state index is 0.0863. The van der Waals surface area contributed by atoms with Gasteiger partial charge in [-0.2, -0.15) is 0 Å². The molecule has 2 N–H and O–H groups in total. The highest BCUT2D eigenvalue weighted by Gasteiger charge is 2.14. The van der Waals surface area contributed by atoms with Crippen molar-refractivity contribution in [2.24, 2.45) is 4.99 Å². The maximum absolute atomic E-state index is 5.57. The van der Waals surface area contributed by atoms with Gasteiger partial charge in [0.2, 0.25) is 0 Å². The van der Waals surface area contributed by atoms with Gasteiger partial charge in [-0.25, -0.2) is 0 Å². The lowest BCUT2D eigenvalue weighted by Gasteiger charge is -2.20. The Morgan fingerprint density at radius 1 is 1.26 bits per heavy atom. The fraction of sp³-hybridized carbons (Fsp3) is 0.409. The molecule has 0 spiro atoms. The third-order valence-electron chi connectivity index (χ3n) is 4.89. The van der Waals surface area contributed by atoms with E-state index in [0.717, 1.165) is 49.0 Å². The Bertz CT molecular complexity index is 817. The van der Waals surface area contributed by atoms with Gasteiger partial charge in [-0.05, 0) is 43.5 Å². The zero-order valence-electron chi connectivity index (χ0n) is 16.6. The van der Waals surface area contributed by atoms with Crippen molar-refractivity contribution in [2.75, 3.05) is 27.3 Å². The largest absolute Gasteiger partial charge is 0.496 e. The monoisotopic (exact) mass is 367 g/mol. The van der Waals surface area contributed by atoms with Gasteiger partial charge in [-0.1, -0.05) is 29.8 Å². The summed E-state index contributed by atoms with van der Waals surface area (Å²) in [7, 11) is 3.50. The molecule has 5 nitrogen and oxygen atoms in total. The molecule has 1 unspecified atom stereocenters. The average Bonchev–Trinajstić information content (AvgIpc) is 3.14. The van der Waals surface area contributed by atoms with Crippen LogP contribution in [0.4, 0.5) is 0 Å². The number of nitrogens with one attached hydrogen (secondary N) is 2. The van der Waals surface area contributed by atoms with E-state index >= 15 is 0 Å². The van der Waals surface area contributed by atoms with Gasteiger partial charge < -0.3 is 20.1 Å². The lowest BCUT2D eigenvalue weighted by molar-refractivity contribution is 0.357. The van der Waals surface area contributed by atoms with Crippen LogP contribution in [0, 0.1) is 6.92 Å². The van der Waals surface area contributed by atoms with Gasteiger partial charge in [-0.15, -0.1) is 0 Å². The number of hydrogen-bond donors (Lipinski definition) is 2. The molecule has 144 valence electrons. The van der Waals surface area contributed by atoms with Crippen molar-refractivity contribution >= 4 is 5.96 Å². The molecule has 0 saturated heterocycles. The zero-order valence-corrected chi connectivity index (χ0v) is 16.6. The molecule has 27 heavy (non-hydrogen) atoms. The Balaban J connectivity index is 1.56. The van der Waals surface area contributed by atoms with Crippen LogP contribution < -0.4 is 20.1 Å². The Hall–Kier alpha value is -2.69. The molecule has 0 fully saturated rings. The fourth-order valence-electron chi connectivity index (χ4n) is 3.39. The van der Waals surface area contributed by atoms with E-state index in [1.807, 2.05) is 6.07 Å². The molecule has 2 aromatic rings. The molecular formula is C22H29N3O2. The molecule has 0 radical (unpaired) electrons. The minimum Gasteiger partial charge on any atom is -0.496 e. The highest BCUT2D eigenvalue weighted by atomic mass is 16.5. The number of benzene rings is 2. The molecule has 0 aliphatic carbocycles. The summed E-state index contributed by atoms with van der Waals surface area (Å²) in [5, 5.41) is 6.86. The topological polar surface area (TPSA) is 54.9 Å². The molecule has 1 aliphatic rings. The van der Waals surface area contributed by atoms with Crippen molar-refractivity contribution in [3.63, 3.8) is 0 Å². The van der Waals surface area contributed by atoms with E-state index in [1.165, 1.54) is 16.7 Å². The second-order valence-corrected chi connectivity index (χ2v) is 6.90. The van der Waals surface area contributed by atoms with Crippen LogP contribution in [0.2, 0.25) is 0 Å². The first-order valence-corrected chi connectivity index (χ1v) is 9.47. The molecule has 2 aromatic carbocycles. The smallest absolute Gasteiger partial charge is 0.191 e. The highest BCUT2D eigenvalue weighted by molar-refractivity contribution is 5.80. The van der Waals surface area contributed by atoms with Crippen LogP contribution in [0.5, 0.6) is 11.5 Å². The van der Waals surface area contributed by atoms with E-state index in [0.29, 0.717) is 0 Å². The quantitative estimate of drug-likeness (QED) is 0.607. The molecule has 0 amide bonds. The van der Waals surface area contributed by atoms with Crippen LogP contribution in [-0.2, 0) is 12.8 Å². The normalized spacial score (nSPS) is 14.3. The molecular weight excluding hydrogens is 338 g/mol. The van der Waals surface area contributed by atoms with Crippen LogP contribution in [0.1, 0.15) is 35.2 Å². The van der Waals surface area contributed by atoms with E-state index < -0.39 is 0 Å². The lowest BCUT2D eigenvalue weighted by Crippen LogP contribution is -2.39. The van der Waals surface area contributed by atoms with Gasteiger partial charge in [0, 0.05) is 25.6 Å². The number of fused-ring (bicyclic) bond motifs is 1. The summed E-state index contributed by atoms with van der Waals surface area (Å²) in [6.45, 7) is 5.82. The van der Waals surface area contributed by atoms with E-state index in [1.54, 1.807) is 14.2 Å². The summed E-state index contributed by atoms with van der Waals surface area (Å²) in [4.78, 5) is 4.35. The van der Waals surface area contributed by atoms with Crippen molar-refractivity contribution in [2.45, 2.75) is 32.7 Å². The molecule has 1 atom stereocenters. The summed E-state index contributed by atoms with van der Waals surface area (Å²) in [6.07, 6.45) is 1.95. The molecule has 5 heteroatoms. The summed E-state index contributed by atoms with van der Waals surface area (Å²) >= 11 is 0. The van der Waals surface area contributed by atoms with Crippen LogP contribution in [0.3, 0.4) is 0 Å². The van der Waals surface area contributed by atoms with Crippen LogP contribution in [0.15, 0.2) is 41.4 Å². The number of guanidine groups is 1. The van der Waals surface area contributed by atoms with Crippen molar-refractivity contribution in [3.8, 4) is 11.5 Å². The Morgan fingerprint density at radius 2 is 2.11 bits per heavy atom. The van der Waals surface area contributed by atoms with E-state index in [9.17, 15) is 0 Å². The van der Waals surface area contributed by atoms with E-state index in [-0.39, 0.29) is 6.04 Å². The van der Waals surface area contributed by atoms with Crippen LogP contribution in [-0.4, -0.2) is 33.3 Å². The second kappa shape index (κ2) is 8.80. The van der Waals surface area contributed by atoms with Gasteiger partial charge in [0.25, 0.3) is 0 Å². The maximum atomic E-state index is 5.57. The predicted molar refractivity (Wildman–Crippen MR) is 110 cm³/mol. The Labute approximate surface area is 161 Å². The predicted octanol–water partition coefficient (Wildman–Crippen LogP) is 3.41. The number of aliphatic imine (C=N–C) groups is 1. The van der Waals surface area contributed by atoms with Crippen molar-refractivity contribution in [1.82, 2.24) is 10.6 Å². The third-order valence-corrected chi connectivity index (χ3v) is 4.89. The fourth-order valence-corrected chi connectivity index (χ4v) is 3.39. The van der Waals surface area contributed by atoms with Crippen molar-refractivity contribution < 1.29 is 9.47 Å². The highest BCUT2D eigenvalue weighted by Crippen LogP contribution is 2.27. The standard InChI is InChI=1S/C22H29N3O2/c1-15-5-7-21(26-4)19(13-15)16(2)25-22(23-3)24-11-9-17-6-8-20-18(14-17)10-12-27-20/h5-8,13-14,16H,9-12H2,1-4H3,(H2,23,24,25). The van der Waals surface area contributed by atoms with Gasteiger partial charge in [0.05, 0.1) is 19.8 Å². The SMILES string of the molecule is CN=C(NCCc1ccc2c(c1)CCO2)NC(C)c1cc(C)ccc1OC. The summed E-state index contributed by atoms with van der Waals surface area (Å²) in [5.41, 5.74) is 4.97. The Morgan fingerprint density at radius 3 is 2.89 bits per heavy atom. The second-order valence-electron chi connectivity index (χ2n) is 6.90. The molecule has 0 bridgehead atoms. The van der Waals surface area contributed by atoms with Gasteiger partial charge >= 0.3 is 0 Å². The summed E-state index contributed by atoms with van der Waals surface area (Å²) in [5.74, 6) is 2.71. The number of rotatable bonds is 6. The van der Waals surface area contributed by atoms with Crippen LogP contribution >= 0.6 is 0 Å². The van der Waals surface area contributed by atoms with Crippen molar-refractivity contribution in [3.05, 3.63) is 58.7 Å². The first kappa shape index (κ1) is 19.1. The van der Waals surface area contributed by atoms with Crippen LogP contribution in [0.25, 0.3) is 0 Å². The molecule has 3 rings (SSSR count). The molecule has 1 aliphatic heterocycles. The number of ether oxygens (including phenoxy) is 2.